The molecule has 0 spiro atoms. The van der Waals surface area contributed by atoms with E-state index in [1.54, 1.807) is 6.08 Å². The summed E-state index contributed by atoms with van der Waals surface area (Å²) in [5.41, 5.74) is 2.83. The van der Waals surface area contributed by atoms with E-state index in [-0.39, 0.29) is 11.6 Å². The Labute approximate surface area is 218 Å². The summed E-state index contributed by atoms with van der Waals surface area (Å²) in [6.07, 6.45) is 1.69. The first kappa shape index (κ1) is 22.7. The van der Waals surface area contributed by atoms with Gasteiger partial charge in [-0.05, 0) is 118 Å². The zero-order valence-electron chi connectivity index (χ0n) is 15.7. The molecule has 156 valence electrons. The molecule has 0 bridgehead atoms. The summed E-state index contributed by atoms with van der Waals surface area (Å²) in [6, 6.07) is 19.4. The number of esters is 1. The molecule has 0 saturated heterocycles. The molecule has 31 heavy (non-hydrogen) atoms. The van der Waals surface area contributed by atoms with Crippen molar-refractivity contribution in [3.63, 3.8) is 0 Å². The first-order chi connectivity index (χ1) is 14.9. The van der Waals surface area contributed by atoms with E-state index in [4.69, 9.17) is 9.47 Å². The van der Waals surface area contributed by atoms with E-state index in [1.165, 1.54) is 0 Å². The van der Waals surface area contributed by atoms with Crippen molar-refractivity contribution in [1.29, 1.82) is 0 Å². The van der Waals surface area contributed by atoms with Gasteiger partial charge in [0.15, 0.2) is 5.70 Å². The van der Waals surface area contributed by atoms with Gasteiger partial charge in [0.25, 0.3) is 0 Å². The molecule has 0 aliphatic carbocycles. The highest BCUT2D eigenvalue weighted by Crippen LogP contribution is 2.36. The molecule has 1 heterocycles. The lowest BCUT2D eigenvalue weighted by molar-refractivity contribution is -0.129. The van der Waals surface area contributed by atoms with Gasteiger partial charge in [0.05, 0.1) is 8.95 Å². The smallest absolute Gasteiger partial charge is 0.363 e. The molecule has 0 N–H and O–H groups in total. The molecule has 4 nitrogen and oxygen atoms in total. The zero-order valence-corrected chi connectivity index (χ0v) is 22.7. The zero-order chi connectivity index (χ0) is 22.0. The minimum Gasteiger partial charge on any atom is -0.487 e. The van der Waals surface area contributed by atoms with Crippen LogP contribution in [0.15, 0.2) is 84.8 Å². The number of nitrogens with zero attached hydrogens (tertiary/aromatic N) is 1. The maximum atomic E-state index is 12.3. The Bertz CT molecular complexity index is 1200. The van der Waals surface area contributed by atoms with Gasteiger partial charge in [0.2, 0.25) is 5.90 Å². The molecule has 3 aromatic rings. The number of hydrogen-bond acceptors (Lipinski definition) is 4. The third-order valence-corrected chi connectivity index (χ3v) is 7.85. The van der Waals surface area contributed by atoms with Crippen LogP contribution >= 0.6 is 70.4 Å². The second-order valence-electron chi connectivity index (χ2n) is 6.55. The highest BCUT2D eigenvalue weighted by Gasteiger charge is 2.24. The van der Waals surface area contributed by atoms with Gasteiger partial charge in [-0.25, -0.2) is 9.79 Å². The van der Waals surface area contributed by atoms with Crippen LogP contribution in [0.5, 0.6) is 5.75 Å². The van der Waals surface area contributed by atoms with E-state index in [1.807, 2.05) is 60.7 Å². The fourth-order valence-electron chi connectivity index (χ4n) is 2.85. The summed E-state index contributed by atoms with van der Waals surface area (Å²) in [6.45, 7) is 0.448. The highest BCUT2D eigenvalue weighted by atomic mass is 127. The van der Waals surface area contributed by atoms with Gasteiger partial charge in [0, 0.05) is 13.6 Å². The quantitative estimate of drug-likeness (QED) is 0.156. The molecule has 8 heteroatoms. The molecule has 0 aromatic heterocycles. The maximum Gasteiger partial charge on any atom is 0.363 e. The van der Waals surface area contributed by atoms with E-state index in [9.17, 15) is 4.79 Å². The lowest BCUT2D eigenvalue weighted by atomic mass is 10.2. The fraction of sp³-hybridized carbons (Fsp3) is 0.0435. The Hall–Kier alpha value is -1.49. The summed E-state index contributed by atoms with van der Waals surface area (Å²) in [5.74, 6) is 0.489. The molecule has 1 aliphatic heterocycles. The summed E-state index contributed by atoms with van der Waals surface area (Å²) >= 11 is 12.8. The van der Waals surface area contributed by atoms with Crippen LogP contribution < -0.4 is 4.74 Å². The van der Waals surface area contributed by atoms with Crippen LogP contribution in [0.2, 0.25) is 0 Å². The standard InChI is InChI=1S/C23H13Br3INO3/c24-16-11-15(6-7-19(16)27)22-28-20(23(29)31-22)10-14-8-17(25)21(18(26)9-14)30-12-13-4-2-1-3-5-13/h1-11H,12H2/b20-10-. The molecule has 0 radical (unpaired) electrons. The van der Waals surface area contributed by atoms with Gasteiger partial charge in [-0.3, -0.25) is 0 Å². The predicted octanol–water partition coefficient (Wildman–Crippen LogP) is 7.50. The first-order valence-corrected chi connectivity index (χ1v) is 12.5. The summed E-state index contributed by atoms with van der Waals surface area (Å²) in [5, 5.41) is 0. The second-order valence-corrected chi connectivity index (χ2v) is 10.3. The molecule has 3 aromatic carbocycles. The molecule has 1 aliphatic rings. The Balaban J connectivity index is 1.57. The van der Waals surface area contributed by atoms with E-state index in [2.05, 4.69) is 75.4 Å². The van der Waals surface area contributed by atoms with E-state index in [0.29, 0.717) is 12.4 Å². The van der Waals surface area contributed by atoms with Crippen molar-refractivity contribution in [2.24, 2.45) is 4.99 Å². The average Bonchev–Trinajstić information content (AvgIpc) is 3.10. The molecule has 0 saturated carbocycles. The monoisotopic (exact) mass is 715 g/mol. The van der Waals surface area contributed by atoms with Crippen molar-refractivity contribution in [3.05, 3.63) is 100 Å². The normalized spacial score (nSPS) is 14.5. The van der Waals surface area contributed by atoms with Gasteiger partial charge in [0.1, 0.15) is 12.4 Å². The van der Waals surface area contributed by atoms with Crippen molar-refractivity contribution in [3.8, 4) is 5.75 Å². The van der Waals surface area contributed by atoms with Crippen LogP contribution in [0.4, 0.5) is 0 Å². The number of cyclic esters (lactones) is 1. The average molecular weight is 718 g/mol. The minimum absolute atomic E-state index is 0.237. The van der Waals surface area contributed by atoms with Crippen LogP contribution in [-0.2, 0) is 16.1 Å². The maximum absolute atomic E-state index is 12.3. The molecule has 4 rings (SSSR count). The molecule has 0 amide bonds. The number of benzene rings is 3. The number of carbonyl (C=O) groups is 1. The number of halogens is 4. The summed E-state index contributed by atoms with van der Waals surface area (Å²) in [7, 11) is 0. The number of rotatable bonds is 5. The Morgan fingerprint density at radius 3 is 2.35 bits per heavy atom. The van der Waals surface area contributed by atoms with Crippen LogP contribution in [0.1, 0.15) is 16.7 Å². The largest absolute Gasteiger partial charge is 0.487 e. The third kappa shape index (κ3) is 5.47. The minimum atomic E-state index is -0.485. The van der Waals surface area contributed by atoms with E-state index in [0.717, 1.165) is 33.7 Å². The van der Waals surface area contributed by atoms with Crippen molar-refractivity contribution >= 4 is 88.3 Å². The Morgan fingerprint density at radius 2 is 1.68 bits per heavy atom. The number of aliphatic imine (C=N–C) groups is 1. The summed E-state index contributed by atoms with van der Waals surface area (Å²) in [4.78, 5) is 16.7. The SMILES string of the molecule is O=C1OC(c2ccc(I)c(Br)c2)=N/C1=C\c1cc(Br)c(OCc2ccccc2)c(Br)c1. The fourth-order valence-corrected chi connectivity index (χ4v) is 5.02. The number of hydrogen-bond donors (Lipinski definition) is 0. The molecule has 0 unspecified atom stereocenters. The highest BCUT2D eigenvalue weighted by molar-refractivity contribution is 14.1. The van der Waals surface area contributed by atoms with Gasteiger partial charge in [-0.1, -0.05) is 30.3 Å². The molecular weight excluding hydrogens is 705 g/mol. The van der Waals surface area contributed by atoms with E-state index < -0.39 is 5.97 Å². The van der Waals surface area contributed by atoms with Crippen LogP contribution in [-0.4, -0.2) is 11.9 Å². The number of ether oxygens (including phenoxy) is 2. The number of carbonyl (C=O) groups excluding carboxylic acids is 1. The van der Waals surface area contributed by atoms with Crippen LogP contribution in [0.3, 0.4) is 0 Å². The molecular formula is C23H13Br3INO3. The van der Waals surface area contributed by atoms with Crippen molar-refractivity contribution in [2.45, 2.75) is 6.61 Å². The predicted molar refractivity (Wildman–Crippen MR) is 140 cm³/mol. The van der Waals surface area contributed by atoms with Gasteiger partial charge < -0.3 is 9.47 Å². The lowest BCUT2D eigenvalue weighted by Crippen LogP contribution is -2.05. The third-order valence-electron chi connectivity index (χ3n) is 4.34. The first-order valence-electron chi connectivity index (χ1n) is 9.04. The molecule has 0 atom stereocenters. The van der Waals surface area contributed by atoms with Gasteiger partial charge >= 0.3 is 5.97 Å². The topological polar surface area (TPSA) is 47.9 Å². The van der Waals surface area contributed by atoms with Crippen LogP contribution in [0.25, 0.3) is 6.08 Å². The molecule has 0 fully saturated rings. The Morgan fingerprint density at radius 1 is 0.968 bits per heavy atom. The summed E-state index contributed by atoms with van der Waals surface area (Å²) < 4.78 is 14.8. The van der Waals surface area contributed by atoms with Crippen molar-refractivity contribution in [2.75, 3.05) is 0 Å². The Kier molecular flexibility index (Phi) is 7.30. The van der Waals surface area contributed by atoms with Crippen molar-refractivity contribution < 1.29 is 14.3 Å². The lowest BCUT2D eigenvalue weighted by Gasteiger charge is -2.11. The van der Waals surface area contributed by atoms with Gasteiger partial charge in [-0.15, -0.1) is 0 Å². The van der Waals surface area contributed by atoms with Gasteiger partial charge in [-0.2, -0.15) is 0 Å². The second kappa shape index (κ2) is 9.97. The van der Waals surface area contributed by atoms with E-state index >= 15 is 0 Å². The van der Waals surface area contributed by atoms with Crippen LogP contribution in [0, 0.1) is 3.57 Å². The van der Waals surface area contributed by atoms with Crippen molar-refractivity contribution in [1.82, 2.24) is 0 Å².